The van der Waals surface area contributed by atoms with Gasteiger partial charge in [-0.2, -0.15) is 8.42 Å². The van der Waals surface area contributed by atoms with Crippen molar-refractivity contribution in [3.05, 3.63) is 34.4 Å². The van der Waals surface area contributed by atoms with Crippen molar-refractivity contribution in [1.29, 1.82) is 0 Å². The zero-order valence-electron chi connectivity index (χ0n) is 19.3. The molecule has 4 aliphatic carbocycles. The van der Waals surface area contributed by atoms with Crippen LogP contribution in [0.25, 0.3) is 0 Å². The highest BCUT2D eigenvalue weighted by molar-refractivity contribution is 7.79. The molecule has 4 aliphatic rings. The van der Waals surface area contributed by atoms with Crippen molar-refractivity contribution in [3.63, 3.8) is 0 Å². The van der Waals surface area contributed by atoms with Crippen molar-refractivity contribution in [2.45, 2.75) is 89.3 Å². The second kappa shape index (κ2) is 8.45. The lowest BCUT2D eigenvalue weighted by Gasteiger charge is -2.63. The summed E-state index contributed by atoms with van der Waals surface area (Å²) >= 11 is 0. The van der Waals surface area contributed by atoms with Crippen LogP contribution in [0.1, 0.15) is 83.1 Å². The van der Waals surface area contributed by atoms with Crippen molar-refractivity contribution < 1.29 is 32.2 Å². The third-order valence-electron chi connectivity index (χ3n) is 9.95. The minimum Gasteiger partial charge on any atom is -0.431 e. The van der Waals surface area contributed by atoms with E-state index in [9.17, 15) is 15.0 Å². The quantitative estimate of drug-likeness (QED) is 0.443. The summed E-state index contributed by atoms with van der Waals surface area (Å²) in [5.41, 5.74) is 0.219. The lowest BCUT2D eigenvalue weighted by Crippen LogP contribution is -2.62. The van der Waals surface area contributed by atoms with Gasteiger partial charge in [-0.1, -0.05) is 13.8 Å². The molecule has 1 aromatic rings. The predicted octanol–water partition coefficient (Wildman–Crippen LogP) is 3.59. The zero-order chi connectivity index (χ0) is 24.2. The molecule has 0 aromatic carbocycles. The Morgan fingerprint density at radius 2 is 1.67 bits per heavy atom. The van der Waals surface area contributed by atoms with E-state index in [0.717, 1.165) is 56.9 Å². The average Bonchev–Trinajstić information content (AvgIpc) is 2.99. The summed E-state index contributed by atoms with van der Waals surface area (Å²) in [4.78, 5) is 11.4. The van der Waals surface area contributed by atoms with Crippen LogP contribution in [0.4, 0.5) is 0 Å². The SMILES string of the molecule is C[C@]12CC[C@H](O)C[C@H]1CC[C@@H]1[C@@H]2CC[C@]2(C)[C@@H](c3ccc(=O)oc3)CC[C@]12O.O=S(=O)(O)O. The Kier molecular flexibility index (Phi) is 6.36. The second-order valence-corrected chi connectivity index (χ2v) is 12.1. The largest absolute Gasteiger partial charge is 0.431 e. The standard InChI is InChI=1S/C24H34O4.H2O4S/c1-22-10-7-17(25)13-16(22)4-5-20-19(22)8-11-23(2)18(9-12-24(20,23)27)15-3-6-21(26)28-14-15;1-5(2,3)4/h3,6,14,16-20,25,27H,4-5,7-13H2,1-2H3;(H2,1,2,3,4)/t16-,17+,18-,19+,20-,22+,23-,24+;/m1./s1. The van der Waals surface area contributed by atoms with E-state index in [2.05, 4.69) is 13.8 Å². The van der Waals surface area contributed by atoms with Crippen LogP contribution in [0.3, 0.4) is 0 Å². The van der Waals surface area contributed by atoms with E-state index in [1.807, 2.05) is 6.07 Å². The number of aliphatic hydroxyl groups is 2. The van der Waals surface area contributed by atoms with Crippen LogP contribution in [-0.4, -0.2) is 39.4 Å². The maximum atomic E-state index is 12.2. The van der Waals surface area contributed by atoms with Crippen LogP contribution in [0.15, 0.2) is 27.6 Å². The van der Waals surface area contributed by atoms with Gasteiger partial charge in [0.2, 0.25) is 0 Å². The summed E-state index contributed by atoms with van der Waals surface area (Å²) in [5, 5.41) is 22.4. The normalized spacial score (nSPS) is 44.6. The van der Waals surface area contributed by atoms with E-state index >= 15 is 0 Å². The molecule has 0 spiro atoms. The molecule has 8 atom stereocenters. The fraction of sp³-hybridized carbons (Fsp3) is 0.792. The summed E-state index contributed by atoms with van der Waals surface area (Å²) in [6, 6.07) is 3.42. The van der Waals surface area contributed by atoms with Gasteiger partial charge < -0.3 is 14.6 Å². The Balaban J connectivity index is 0.000000471. The van der Waals surface area contributed by atoms with E-state index in [1.54, 1.807) is 6.26 Å². The Hall–Kier alpha value is -1.26. The van der Waals surface area contributed by atoms with Crippen molar-refractivity contribution in [1.82, 2.24) is 0 Å². The zero-order valence-corrected chi connectivity index (χ0v) is 20.1. The van der Waals surface area contributed by atoms with Gasteiger partial charge in [0, 0.05) is 11.5 Å². The molecule has 4 saturated carbocycles. The van der Waals surface area contributed by atoms with Gasteiger partial charge in [-0.25, -0.2) is 4.79 Å². The molecule has 186 valence electrons. The second-order valence-electron chi connectivity index (χ2n) is 11.2. The number of hydrogen-bond donors (Lipinski definition) is 4. The Bertz CT molecular complexity index is 1010. The summed E-state index contributed by atoms with van der Waals surface area (Å²) < 4.78 is 36.8. The Morgan fingerprint density at radius 3 is 2.30 bits per heavy atom. The van der Waals surface area contributed by atoms with Crippen LogP contribution >= 0.6 is 0 Å². The highest BCUT2D eigenvalue weighted by Gasteiger charge is 2.67. The molecule has 9 heteroatoms. The first kappa shape index (κ1) is 24.9. The maximum absolute atomic E-state index is 12.2. The van der Waals surface area contributed by atoms with E-state index in [-0.39, 0.29) is 28.5 Å². The van der Waals surface area contributed by atoms with Gasteiger partial charge >= 0.3 is 16.0 Å². The summed E-state index contributed by atoms with van der Waals surface area (Å²) in [6.07, 6.45) is 10.7. The molecule has 33 heavy (non-hydrogen) atoms. The smallest absolute Gasteiger partial charge is 0.394 e. The maximum Gasteiger partial charge on any atom is 0.394 e. The molecule has 4 N–H and O–H groups in total. The number of fused-ring (bicyclic) bond motifs is 5. The van der Waals surface area contributed by atoms with Crippen LogP contribution in [0.5, 0.6) is 0 Å². The van der Waals surface area contributed by atoms with Crippen LogP contribution in [0.2, 0.25) is 0 Å². The van der Waals surface area contributed by atoms with E-state index in [1.165, 1.54) is 12.5 Å². The lowest BCUT2D eigenvalue weighted by atomic mass is 9.43. The minimum absolute atomic E-state index is 0.129. The van der Waals surface area contributed by atoms with Crippen molar-refractivity contribution in [2.75, 3.05) is 0 Å². The number of rotatable bonds is 1. The molecule has 0 amide bonds. The molecule has 0 radical (unpaired) electrons. The van der Waals surface area contributed by atoms with E-state index in [4.69, 9.17) is 21.9 Å². The van der Waals surface area contributed by atoms with Gasteiger partial charge in [-0.15, -0.1) is 0 Å². The first-order chi connectivity index (χ1) is 15.3. The van der Waals surface area contributed by atoms with Gasteiger partial charge in [0.25, 0.3) is 0 Å². The van der Waals surface area contributed by atoms with Crippen LogP contribution < -0.4 is 5.63 Å². The van der Waals surface area contributed by atoms with Gasteiger partial charge in [-0.3, -0.25) is 9.11 Å². The molecule has 0 aliphatic heterocycles. The third-order valence-corrected chi connectivity index (χ3v) is 9.95. The molecule has 0 saturated heterocycles. The molecule has 1 heterocycles. The van der Waals surface area contributed by atoms with Gasteiger partial charge in [-0.05, 0) is 98.5 Å². The fourth-order valence-electron chi connectivity index (χ4n) is 8.30. The molecule has 5 rings (SSSR count). The predicted molar refractivity (Wildman–Crippen MR) is 121 cm³/mol. The molecule has 0 unspecified atom stereocenters. The van der Waals surface area contributed by atoms with Gasteiger partial charge in [0.1, 0.15) is 0 Å². The summed E-state index contributed by atoms with van der Waals surface area (Å²) in [6.45, 7) is 4.73. The van der Waals surface area contributed by atoms with Crippen molar-refractivity contribution >= 4 is 10.4 Å². The Labute approximate surface area is 195 Å². The molecule has 0 bridgehead atoms. The lowest BCUT2D eigenvalue weighted by molar-refractivity contribution is -0.205. The molecule has 4 fully saturated rings. The van der Waals surface area contributed by atoms with E-state index in [0.29, 0.717) is 17.8 Å². The average molecular weight is 485 g/mol. The first-order valence-electron chi connectivity index (χ1n) is 12.0. The third kappa shape index (κ3) is 4.31. The topological polar surface area (TPSA) is 145 Å². The fourth-order valence-corrected chi connectivity index (χ4v) is 8.30. The highest BCUT2D eigenvalue weighted by atomic mass is 32.3. The number of hydrogen-bond acceptors (Lipinski definition) is 6. The monoisotopic (exact) mass is 484 g/mol. The molecule has 1 aromatic heterocycles. The highest BCUT2D eigenvalue weighted by Crippen LogP contribution is 2.70. The van der Waals surface area contributed by atoms with Crippen molar-refractivity contribution in [2.24, 2.45) is 28.6 Å². The molecular weight excluding hydrogens is 448 g/mol. The molecular formula is C24H36O8S. The molecule has 8 nitrogen and oxygen atoms in total. The minimum atomic E-state index is -4.67. The van der Waals surface area contributed by atoms with Gasteiger partial charge in [0.15, 0.2) is 0 Å². The number of aliphatic hydroxyl groups excluding tert-OH is 1. The van der Waals surface area contributed by atoms with Crippen LogP contribution in [0, 0.1) is 28.6 Å². The summed E-state index contributed by atoms with van der Waals surface area (Å²) in [7, 11) is -4.67. The Morgan fingerprint density at radius 1 is 0.970 bits per heavy atom. The van der Waals surface area contributed by atoms with Crippen LogP contribution in [-0.2, 0) is 10.4 Å². The van der Waals surface area contributed by atoms with Crippen molar-refractivity contribution in [3.8, 4) is 0 Å². The van der Waals surface area contributed by atoms with Gasteiger partial charge in [0.05, 0.1) is 18.0 Å². The first-order valence-corrected chi connectivity index (χ1v) is 13.4. The van der Waals surface area contributed by atoms with E-state index < -0.39 is 16.0 Å². The summed E-state index contributed by atoms with van der Waals surface area (Å²) in [5.74, 6) is 1.76.